The predicted octanol–water partition coefficient (Wildman–Crippen LogP) is 5.08. The fourth-order valence-corrected chi connectivity index (χ4v) is 4.53. The molecule has 0 unspecified atom stereocenters. The van der Waals surface area contributed by atoms with E-state index in [2.05, 4.69) is 9.97 Å². The number of pyridine rings is 1. The number of hydrogen-bond donors (Lipinski definition) is 0. The highest BCUT2D eigenvalue weighted by Gasteiger charge is 2.29. The Bertz CT molecular complexity index is 955. The quantitative estimate of drug-likeness (QED) is 0.627. The van der Waals surface area contributed by atoms with Gasteiger partial charge in [0.2, 0.25) is 5.91 Å². The van der Waals surface area contributed by atoms with Gasteiger partial charge in [-0.2, -0.15) is 0 Å². The number of halogens is 2. The van der Waals surface area contributed by atoms with Gasteiger partial charge in [-0.15, -0.1) is 0 Å². The minimum absolute atomic E-state index is 0.0136. The van der Waals surface area contributed by atoms with Gasteiger partial charge >= 0.3 is 0 Å². The second kappa shape index (κ2) is 7.68. The fourth-order valence-electron chi connectivity index (χ4n) is 3.52. The van der Waals surface area contributed by atoms with Crippen molar-refractivity contribution in [2.24, 2.45) is 5.92 Å². The zero-order chi connectivity index (χ0) is 18.8. The summed E-state index contributed by atoms with van der Waals surface area (Å²) in [5.41, 5.74) is 0.825. The number of carbonyl (C=O) groups excluding carboxylic acids is 1. The first-order valence-electron chi connectivity index (χ1n) is 9.08. The average Bonchev–Trinajstić information content (AvgIpc) is 3.11. The number of nitrogens with zero attached hydrogens (tertiary/aromatic N) is 3. The SMILES string of the molecule is O=C(C1CCCCC1)N(Cc1ccccn1)c1nc2c(F)cc(F)cc2s1. The van der Waals surface area contributed by atoms with Crippen LogP contribution in [-0.4, -0.2) is 15.9 Å². The third-order valence-corrected chi connectivity index (χ3v) is 5.92. The first-order valence-corrected chi connectivity index (χ1v) is 9.90. The molecular formula is C20H19F2N3OS. The van der Waals surface area contributed by atoms with Crippen LogP contribution in [0.3, 0.4) is 0 Å². The molecule has 0 bridgehead atoms. The lowest BCUT2D eigenvalue weighted by Crippen LogP contribution is -2.36. The van der Waals surface area contributed by atoms with E-state index in [1.165, 1.54) is 6.07 Å². The van der Waals surface area contributed by atoms with E-state index in [9.17, 15) is 13.6 Å². The second-order valence-corrected chi connectivity index (χ2v) is 7.82. The van der Waals surface area contributed by atoms with E-state index in [0.29, 0.717) is 9.83 Å². The Hall–Kier alpha value is -2.41. The van der Waals surface area contributed by atoms with Gasteiger partial charge < -0.3 is 0 Å². The highest BCUT2D eigenvalue weighted by atomic mass is 32.1. The molecule has 0 N–H and O–H groups in total. The van der Waals surface area contributed by atoms with Crippen LogP contribution in [0, 0.1) is 17.6 Å². The largest absolute Gasteiger partial charge is 0.282 e. The van der Waals surface area contributed by atoms with E-state index in [-0.39, 0.29) is 23.9 Å². The summed E-state index contributed by atoms with van der Waals surface area (Å²) < 4.78 is 28.0. The summed E-state index contributed by atoms with van der Waals surface area (Å²) in [6, 6.07) is 7.59. The van der Waals surface area contributed by atoms with Crippen molar-refractivity contribution in [3.05, 3.63) is 53.9 Å². The van der Waals surface area contributed by atoms with Gasteiger partial charge in [0, 0.05) is 18.2 Å². The van der Waals surface area contributed by atoms with Crippen molar-refractivity contribution in [2.45, 2.75) is 38.6 Å². The predicted molar refractivity (Wildman–Crippen MR) is 102 cm³/mol. The minimum Gasteiger partial charge on any atom is -0.282 e. The molecule has 1 saturated carbocycles. The number of carbonyl (C=O) groups is 1. The summed E-state index contributed by atoms with van der Waals surface area (Å²) in [7, 11) is 0. The molecule has 3 aromatic rings. The number of hydrogen-bond acceptors (Lipinski definition) is 4. The molecule has 2 aromatic heterocycles. The molecule has 0 aliphatic heterocycles. The van der Waals surface area contributed by atoms with Crippen molar-refractivity contribution in [1.82, 2.24) is 9.97 Å². The summed E-state index contributed by atoms with van der Waals surface area (Å²) in [6.45, 7) is 0.264. The van der Waals surface area contributed by atoms with E-state index >= 15 is 0 Å². The molecule has 1 aliphatic rings. The van der Waals surface area contributed by atoms with Gasteiger partial charge in [-0.25, -0.2) is 13.8 Å². The third-order valence-electron chi connectivity index (χ3n) is 4.90. The topological polar surface area (TPSA) is 46.1 Å². The van der Waals surface area contributed by atoms with E-state index in [0.717, 1.165) is 55.2 Å². The summed E-state index contributed by atoms with van der Waals surface area (Å²) >= 11 is 1.13. The first-order chi connectivity index (χ1) is 13.1. The van der Waals surface area contributed by atoms with Crippen molar-refractivity contribution in [2.75, 3.05) is 4.90 Å². The minimum atomic E-state index is -0.713. The highest BCUT2D eigenvalue weighted by molar-refractivity contribution is 7.22. The van der Waals surface area contributed by atoms with Gasteiger partial charge in [0.1, 0.15) is 11.3 Å². The summed E-state index contributed by atoms with van der Waals surface area (Å²) in [6.07, 6.45) is 6.60. The standard InChI is InChI=1S/C20H19F2N3OS/c21-14-10-16(22)18-17(11-14)27-20(24-18)25(12-15-8-4-5-9-23-15)19(26)13-6-2-1-3-7-13/h4-5,8-11,13H,1-3,6-7,12H2. The number of anilines is 1. The number of fused-ring (bicyclic) bond motifs is 1. The molecule has 1 amide bonds. The van der Waals surface area contributed by atoms with E-state index in [1.807, 2.05) is 18.2 Å². The Morgan fingerprint density at radius 2 is 2.00 bits per heavy atom. The van der Waals surface area contributed by atoms with Crippen LogP contribution < -0.4 is 4.90 Å². The molecule has 0 radical (unpaired) electrons. The van der Waals surface area contributed by atoms with Gasteiger partial charge in [-0.3, -0.25) is 14.7 Å². The normalized spacial score (nSPS) is 15.2. The average molecular weight is 387 g/mol. The van der Waals surface area contributed by atoms with E-state index < -0.39 is 11.6 Å². The smallest absolute Gasteiger partial charge is 0.232 e. The zero-order valence-corrected chi connectivity index (χ0v) is 15.5. The van der Waals surface area contributed by atoms with Crippen LogP contribution in [0.1, 0.15) is 37.8 Å². The first kappa shape index (κ1) is 18.0. The van der Waals surface area contributed by atoms with E-state index in [4.69, 9.17) is 0 Å². The summed E-state index contributed by atoms with van der Waals surface area (Å²) in [5.74, 6) is -1.43. The summed E-state index contributed by atoms with van der Waals surface area (Å²) in [4.78, 5) is 23.4. The third kappa shape index (κ3) is 3.83. The molecule has 1 aliphatic carbocycles. The zero-order valence-electron chi connectivity index (χ0n) is 14.7. The Morgan fingerprint density at radius 3 is 2.74 bits per heavy atom. The maximum atomic E-state index is 14.1. The van der Waals surface area contributed by atoms with Crippen molar-refractivity contribution in [3.8, 4) is 0 Å². The molecular weight excluding hydrogens is 368 g/mol. The molecule has 1 aromatic carbocycles. The Kier molecular flexibility index (Phi) is 5.11. The van der Waals surface area contributed by atoms with Crippen molar-refractivity contribution < 1.29 is 13.6 Å². The second-order valence-electron chi connectivity index (χ2n) is 6.81. The Labute approximate surface area is 159 Å². The molecule has 0 spiro atoms. The Balaban J connectivity index is 1.72. The van der Waals surface area contributed by atoms with Gasteiger partial charge in [0.25, 0.3) is 0 Å². The monoisotopic (exact) mass is 387 g/mol. The molecule has 4 nitrogen and oxygen atoms in total. The van der Waals surface area contributed by atoms with Crippen LogP contribution >= 0.6 is 11.3 Å². The lowest BCUT2D eigenvalue weighted by molar-refractivity contribution is -0.123. The number of thiazole rings is 1. The molecule has 0 saturated heterocycles. The van der Waals surface area contributed by atoms with Gasteiger partial charge in [0.05, 0.1) is 16.9 Å². The van der Waals surface area contributed by atoms with Gasteiger partial charge in [-0.1, -0.05) is 36.7 Å². The molecule has 2 heterocycles. The summed E-state index contributed by atoms with van der Waals surface area (Å²) in [5, 5.41) is 0.385. The number of benzene rings is 1. The van der Waals surface area contributed by atoms with Crippen LogP contribution in [0.15, 0.2) is 36.5 Å². The van der Waals surface area contributed by atoms with Crippen LogP contribution in [0.2, 0.25) is 0 Å². The molecule has 0 atom stereocenters. The fraction of sp³-hybridized carbons (Fsp3) is 0.350. The Morgan fingerprint density at radius 1 is 1.19 bits per heavy atom. The molecule has 140 valence electrons. The van der Waals surface area contributed by atoms with Gasteiger partial charge in [-0.05, 0) is 31.0 Å². The maximum absolute atomic E-state index is 14.1. The highest BCUT2D eigenvalue weighted by Crippen LogP contribution is 2.34. The lowest BCUT2D eigenvalue weighted by atomic mass is 9.88. The molecule has 27 heavy (non-hydrogen) atoms. The van der Waals surface area contributed by atoms with Crippen molar-refractivity contribution in [1.29, 1.82) is 0 Å². The van der Waals surface area contributed by atoms with Crippen molar-refractivity contribution >= 4 is 32.6 Å². The van der Waals surface area contributed by atoms with Crippen molar-refractivity contribution in [3.63, 3.8) is 0 Å². The molecule has 7 heteroatoms. The number of rotatable bonds is 4. The molecule has 4 rings (SSSR count). The number of amides is 1. The van der Waals surface area contributed by atoms with Crippen LogP contribution in [0.4, 0.5) is 13.9 Å². The van der Waals surface area contributed by atoms with Gasteiger partial charge in [0.15, 0.2) is 10.9 Å². The van der Waals surface area contributed by atoms with Crippen LogP contribution in [-0.2, 0) is 11.3 Å². The van der Waals surface area contributed by atoms with Crippen LogP contribution in [0.25, 0.3) is 10.2 Å². The number of aromatic nitrogens is 2. The lowest BCUT2D eigenvalue weighted by Gasteiger charge is -2.27. The maximum Gasteiger partial charge on any atom is 0.232 e. The van der Waals surface area contributed by atoms with E-state index in [1.54, 1.807) is 11.1 Å². The molecule has 1 fully saturated rings. The van der Waals surface area contributed by atoms with Crippen LogP contribution in [0.5, 0.6) is 0 Å².